The topological polar surface area (TPSA) is 66.0 Å². The van der Waals surface area contributed by atoms with E-state index >= 15 is 0 Å². The SMILES string of the molecule is CSC1=NN2[C@H](c3cc(Br)ccc3OCc3ccccc3)Nc3ccccc3[C@@H]2C(=O)N1. The Morgan fingerprint density at radius 1 is 1.06 bits per heavy atom. The van der Waals surface area contributed by atoms with Crippen molar-refractivity contribution in [2.24, 2.45) is 5.10 Å². The molecule has 2 aliphatic rings. The Bertz CT molecular complexity index is 1190. The summed E-state index contributed by atoms with van der Waals surface area (Å²) in [5.41, 5.74) is 3.78. The number of rotatable bonds is 4. The summed E-state index contributed by atoms with van der Waals surface area (Å²) in [5.74, 6) is 0.643. The number of hydrogen-bond donors (Lipinski definition) is 2. The van der Waals surface area contributed by atoms with Crippen LogP contribution in [0.25, 0.3) is 0 Å². The van der Waals surface area contributed by atoms with Crippen molar-refractivity contribution in [2.75, 3.05) is 11.6 Å². The Hall–Kier alpha value is -2.97. The summed E-state index contributed by atoms with van der Waals surface area (Å²) in [6.07, 6.45) is 1.51. The van der Waals surface area contributed by atoms with Crippen LogP contribution in [0.1, 0.15) is 28.9 Å². The fourth-order valence-electron chi connectivity index (χ4n) is 3.96. The third kappa shape index (κ3) is 3.96. The molecule has 162 valence electrons. The van der Waals surface area contributed by atoms with Gasteiger partial charge in [-0.05, 0) is 36.1 Å². The molecule has 0 unspecified atom stereocenters. The normalized spacial score (nSPS) is 19.2. The molecule has 3 aromatic rings. The summed E-state index contributed by atoms with van der Waals surface area (Å²) in [6, 6.07) is 23.3. The van der Waals surface area contributed by atoms with Gasteiger partial charge in [0.05, 0.1) is 0 Å². The number of thioether (sulfide) groups is 1. The van der Waals surface area contributed by atoms with Gasteiger partial charge in [-0.2, -0.15) is 0 Å². The van der Waals surface area contributed by atoms with Crippen molar-refractivity contribution >= 4 is 44.5 Å². The zero-order valence-electron chi connectivity index (χ0n) is 17.3. The standard InChI is InChI=1S/C24H21BrN4O2S/c1-32-24-27-23(30)21-17-9-5-6-10-19(17)26-22(29(21)28-24)18-13-16(25)11-12-20(18)31-14-15-7-3-2-4-8-15/h2-13,21-22,26H,14H2,1H3,(H,27,28,30)/t21-,22-/m1/s1. The smallest absolute Gasteiger partial charge is 0.255 e. The molecule has 2 aliphatic heterocycles. The second kappa shape index (κ2) is 8.88. The molecule has 0 bridgehead atoms. The van der Waals surface area contributed by atoms with Gasteiger partial charge in [0.25, 0.3) is 5.91 Å². The molecule has 0 spiro atoms. The third-order valence-electron chi connectivity index (χ3n) is 5.46. The number of nitrogens with one attached hydrogen (secondary N) is 2. The number of hydrogen-bond acceptors (Lipinski definition) is 6. The molecular formula is C24H21BrN4O2S. The first kappa shape index (κ1) is 20.9. The largest absolute Gasteiger partial charge is 0.488 e. The van der Waals surface area contributed by atoms with Crippen LogP contribution in [0.3, 0.4) is 0 Å². The van der Waals surface area contributed by atoms with Gasteiger partial charge >= 0.3 is 0 Å². The van der Waals surface area contributed by atoms with Crippen LogP contribution in [0.5, 0.6) is 5.75 Å². The van der Waals surface area contributed by atoms with Crippen LogP contribution in [0, 0.1) is 0 Å². The number of hydrazone groups is 1. The molecular weight excluding hydrogens is 488 g/mol. The zero-order chi connectivity index (χ0) is 22.1. The number of ether oxygens (including phenoxy) is 1. The van der Waals surface area contributed by atoms with Crippen LogP contribution < -0.4 is 15.4 Å². The van der Waals surface area contributed by atoms with E-state index in [2.05, 4.69) is 26.6 Å². The minimum Gasteiger partial charge on any atom is -0.488 e. The lowest BCUT2D eigenvalue weighted by Crippen LogP contribution is -2.50. The molecule has 2 N–H and O–H groups in total. The maximum atomic E-state index is 13.1. The Morgan fingerprint density at radius 3 is 2.66 bits per heavy atom. The van der Waals surface area contributed by atoms with E-state index in [0.29, 0.717) is 11.8 Å². The number of carbonyl (C=O) groups is 1. The van der Waals surface area contributed by atoms with Gasteiger partial charge < -0.3 is 15.4 Å². The average molecular weight is 509 g/mol. The van der Waals surface area contributed by atoms with Gasteiger partial charge in [-0.3, -0.25) is 9.80 Å². The maximum Gasteiger partial charge on any atom is 0.255 e. The molecule has 1 amide bonds. The quantitative estimate of drug-likeness (QED) is 0.503. The first-order valence-electron chi connectivity index (χ1n) is 10.2. The van der Waals surface area contributed by atoms with Crippen molar-refractivity contribution in [3.8, 4) is 5.75 Å². The number of halogens is 1. The van der Waals surface area contributed by atoms with Crippen LogP contribution in [-0.2, 0) is 11.4 Å². The number of fused-ring (bicyclic) bond motifs is 3. The third-order valence-corrected chi connectivity index (χ3v) is 6.52. The molecule has 0 saturated heterocycles. The lowest BCUT2D eigenvalue weighted by Gasteiger charge is -2.44. The monoisotopic (exact) mass is 508 g/mol. The highest BCUT2D eigenvalue weighted by atomic mass is 79.9. The first-order chi connectivity index (χ1) is 15.6. The molecule has 3 aromatic carbocycles. The van der Waals surface area contributed by atoms with E-state index in [1.54, 1.807) is 0 Å². The molecule has 5 rings (SSSR count). The molecule has 2 atom stereocenters. The summed E-state index contributed by atoms with van der Waals surface area (Å²) < 4.78 is 7.16. The molecule has 2 heterocycles. The van der Waals surface area contributed by atoms with Gasteiger partial charge in [0.1, 0.15) is 18.5 Å². The summed E-state index contributed by atoms with van der Waals surface area (Å²) in [5, 5.41) is 13.7. The van der Waals surface area contributed by atoms with Crippen LogP contribution in [-0.4, -0.2) is 22.3 Å². The molecule has 6 nitrogen and oxygen atoms in total. The summed E-state index contributed by atoms with van der Waals surface area (Å²) in [4.78, 5) is 13.1. The average Bonchev–Trinajstić information content (AvgIpc) is 2.83. The summed E-state index contributed by atoms with van der Waals surface area (Å²) >= 11 is 5.00. The van der Waals surface area contributed by atoms with E-state index < -0.39 is 6.04 Å². The highest BCUT2D eigenvalue weighted by Gasteiger charge is 2.42. The van der Waals surface area contributed by atoms with Gasteiger partial charge in [0.15, 0.2) is 11.2 Å². The van der Waals surface area contributed by atoms with Crippen LogP contribution in [0.15, 0.2) is 82.4 Å². The summed E-state index contributed by atoms with van der Waals surface area (Å²) in [7, 11) is 0. The molecule has 0 aliphatic carbocycles. The first-order valence-corrected chi connectivity index (χ1v) is 12.2. The Kier molecular flexibility index (Phi) is 5.80. The van der Waals surface area contributed by atoms with Crippen LogP contribution >= 0.6 is 27.7 Å². The number of nitrogens with zero attached hydrogens (tertiary/aromatic N) is 2. The van der Waals surface area contributed by atoms with Crippen LogP contribution in [0.2, 0.25) is 0 Å². The van der Waals surface area contributed by atoms with E-state index in [1.165, 1.54) is 11.8 Å². The summed E-state index contributed by atoms with van der Waals surface area (Å²) in [6.45, 7) is 0.446. The van der Waals surface area contributed by atoms with Crippen molar-refractivity contribution in [1.29, 1.82) is 0 Å². The highest BCUT2D eigenvalue weighted by molar-refractivity contribution is 9.10. The minimum absolute atomic E-state index is 0.0925. The molecule has 0 aromatic heterocycles. The minimum atomic E-state index is -0.533. The van der Waals surface area contributed by atoms with Crippen molar-refractivity contribution in [3.05, 3.63) is 94.0 Å². The number of para-hydroxylation sites is 1. The van der Waals surface area contributed by atoms with E-state index in [4.69, 9.17) is 9.84 Å². The molecule has 0 radical (unpaired) electrons. The Morgan fingerprint density at radius 2 is 1.84 bits per heavy atom. The highest BCUT2D eigenvalue weighted by Crippen LogP contribution is 2.45. The van der Waals surface area contributed by atoms with E-state index in [1.807, 2.05) is 84.1 Å². The van der Waals surface area contributed by atoms with E-state index in [0.717, 1.165) is 32.6 Å². The lowest BCUT2D eigenvalue weighted by atomic mass is 9.97. The number of amidine groups is 1. The fourth-order valence-corrected chi connectivity index (χ4v) is 4.72. The van der Waals surface area contributed by atoms with Crippen LogP contribution in [0.4, 0.5) is 5.69 Å². The molecule has 32 heavy (non-hydrogen) atoms. The fraction of sp³-hybridized carbons (Fsp3) is 0.167. The number of carbonyl (C=O) groups excluding carboxylic acids is 1. The lowest BCUT2D eigenvalue weighted by molar-refractivity contribution is -0.127. The zero-order valence-corrected chi connectivity index (χ0v) is 19.7. The van der Waals surface area contributed by atoms with Crippen molar-refractivity contribution in [1.82, 2.24) is 10.3 Å². The predicted octanol–water partition coefficient (Wildman–Crippen LogP) is 5.26. The van der Waals surface area contributed by atoms with Gasteiger partial charge in [0.2, 0.25) is 0 Å². The van der Waals surface area contributed by atoms with E-state index in [-0.39, 0.29) is 12.1 Å². The number of benzene rings is 3. The Labute approximate surface area is 199 Å². The van der Waals surface area contributed by atoms with Crippen molar-refractivity contribution < 1.29 is 9.53 Å². The predicted molar refractivity (Wildman–Crippen MR) is 131 cm³/mol. The number of anilines is 1. The molecule has 8 heteroatoms. The van der Waals surface area contributed by atoms with Gasteiger partial charge in [0, 0.05) is 21.3 Å². The molecule has 0 fully saturated rings. The second-order valence-electron chi connectivity index (χ2n) is 7.47. The van der Waals surface area contributed by atoms with Crippen molar-refractivity contribution in [2.45, 2.75) is 18.8 Å². The molecule has 0 saturated carbocycles. The maximum absolute atomic E-state index is 13.1. The van der Waals surface area contributed by atoms with Gasteiger partial charge in [-0.1, -0.05) is 76.2 Å². The van der Waals surface area contributed by atoms with Crippen molar-refractivity contribution in [3.63, 3.8) is 0 Å². The Balaban J connectivity index is 1.57. The van der Waals surface area contributed by atoms with E-state index in [9.17, 15) is 4.79 Å². The van der Waals surface area contributed by atoms with Gasteiger partial charge in [-0.15, -0.1) is 5.10 Å². The number of amides is 1. The van der Waals surface area contributed by atoms with Gasteiger partial charge in [-0.25, -0.2) is 0 Å². The second-order valence-corrected chi connectivity index (χ2v) is 9.18.